The Morgan fingerprint density at radius 2 is 2.10 bits per heavy atom. The van der Waals surface area contributed by atoms with Gasteiger partial charge in [-0.05, 0) is 18.2 Å². The minimum absolute atomic E-state index is 0.128. The van der Waals surface area contributed by atoms with E-state index in [2.05, 4.69) is 5.32 Å². The minimum atomic E-state index is -0.426. The first kappa shape index (κ1) is 13.0. The van der Waals surface area contributed by atoms with E-state index in [1.807, 2.05) is 25.2 Å². The average Bonchev–Trinajstić information content (AvgIpc) is 2.48. The molecule has 3 rings (SSSR count). The van der Waals surface area contributed by atoms with Crippen LogP contribution in [0.1, 0.15) is 29.6 Å². The van der Waals surface area contributed by atoms with Gasteiger partial charge in [-0.25, -0.2) is 0 Å². The Morgan fingerprint density at radius 1 is 1.35 bits per heavy atom. The molecule has 0 radical (unpaired) electrons. The van der Waals surface area contributed by atoms with Gasteiger partial charge in [0.1, 0.15) is 11.4 Å². The molecule has 0 aliphatic carbocycles. The van der Waals surface area contributed by atoms with Crippen molar-refractivity contribution < 1.29 is 14.3 Å². The third kappa shape index (κ3) is 2.13. The predicted molar refractivity (Wildman–Crippen MR) is 75.2 cm³/mol. The number of rotatable bonds is 2. The summed E-state index contributed by atoms with van der Waals surface area (Å²) in [4.78, 5) is 24.9. The van der Waals surface area contributed by atoms with Crippen molar-refractivity contribution in [3.05, 3.63) is 23.8 Å². The van der Waals surface area contributed by atoms with Crippen molar-refractivity contribution in [2.75, 3.05) is 25.5 Å². The summed E-state index contributed by atoms with van der Waals surface area (Å²) in [6, 6.07) is 5.60. The van der Waals surface area contributed by atoms with Gasteiger partial charge in [0.15, 0.2) is 5.78 Å². The first-order valence-corrected chi connectivity index (χ1v) is 6.89. The first-order valence-electron chi connectivity index (χ1n) is 6.89. The quantitative estimate of drug-likeness (QED) is 0.834. The Labute approximate surface area is 117 Å². The number of nitrogens with zero attached hydrogens (tertiary/aromatic N) is 1. The Bertz CT molecular complexity index is 548. The molecule has 20 heavy (non-hydrogen) atoms. The maximum Gasteiger partial charge on any atom is 0.209 e. The number of amides is 1. The lowest BCUT2D eigenvalue weighted by atomic mass is 9.82. The SMILES string of the molecule is CNc1ccc2c(c1)C(=O)CC1(CCN(C=O)CC1)O2. The van der Waals surface area contributed by atoms with Crippen molar-refractivity contribution in [1.82, 2.24) is 4.90 Å². The van der Waals surface area contributed by atoms with Gasteiger partial charge in [0.2, 0.25) is 6.41 Å². The molecule has 5 heteroatoms. The number of ether oxygens (including phenoxy) is 1. The van der Waals surface area contributed by atoms with Crippen molar-refractivity contribution in [2.45, 2.75) is 24.9 Å². The highest BCUT2D eigenvalue weighted by Crippen LogP contribution is 2.39. The van der Waals surface area contributed by atoms with Crippen LogP contribution in [-0.2, 0) is 4.79 Å². The van der Waals surface area contributed by atoms with Crippen LogP contribution < -0.4 is 10.1 Å². The molecule has 0 aromatic heterocycles. The summed E-state index contributed by atoms with van der Waals surface area (Å²) >= 11 is 0. The number of likely N-dealkylation sites (tertiary alicyclic amines) is 1. The smallest absolute Gasteiger partial charge is 0.209 e. The fourth-order valence-electron chi connectivity index (χ4n) is 2.97. The molecule has 0 unspecified atom stereocenters. The standard InChI is InChI=1S/C15H18N2O3/c1-16-11-2-3-14-12(8-11)13(19)9-15(20-14)4-6-17(10-18)7-5-15/h2-3,8,10,16H,4-7,9H2,1H3. The maximum absolute atomic E-state index is 12.4. The summed E-state index contributed by atoms with van der Waals surface area (Å²) < 4.78 is 6.13. The fraction of sp³-hybridized carbons (Fsp3) is 0.467. The van der Waals surface area contributed by atoms with Crippen molar-refractivity contribution in [3.63, 3.8) is 0 Å². The molecule has 1 N–H and O–H groups in total. The number of carbonyl (C=O) groups excluding carboxylic acids is 2. The molecule has 0 saturated carbocycles. The van der Waals surface area contributed by atoms with Gasteiger partial charge in [-0.3, -0.25) is 9.59 Å². The van der Waals surface area contributed by atoms with E-state index in [-0.39, 0.29) is 5.78 Å². The Hall–Kier alpha value is -2.04. The van der Waals surface area contributed by atoms with E-state index in [9.17, 15) is 9.59 Å². The van der Waals surface area contributed by atoms with Crippen LogP contribution in [0.3, 0.4) is 0 Å². The largest absolute Gasteiger partial charge is 0.486 e. The molecule has 1 amide bonds. The van der Waals surface area contributed by atoms with Crippen LogP contribution in [0.15, 0.2) is 18.2 Å². The van der Waals surface area contributed by atoms with Gasteiger partial charge < -0.3 is 15.0 Å². The Kier molecular flexibility index (Phi) is 3.12. The summed E-state index contributed by atoms with van der Waals surface area (Å²) in [6.07, 6.45) is 2.69. The highest BCUT2D eigenvalue weighted by molar-refractivity contribution is 6.01. The molecule has 1 fully saturated rings. The topological polar surface area (TPSA) is 58.6 Å². The number of hydrogen-bond acceptors (Lipinski definition) is 4. The van der Waals surface area contributed by atoms with Crippen molar-refractivity contribution in [1.29, 1.82) is 0 Å². The molecule has 0 atom stereocenters. The van der Waals surface area contributed by atoms with E-state index in [1.165, 1.54) is 0 Å². The summed E-state index contributed by atoms with van der Waals surface area (Å²) in [7, 11) is 1.83. The number of ketones is 1. The summed E-state index contributed by atoms with van der Waals surface area (Å²) in [5, 5.41) is 3.03. The summed E-state index contributed by atoms with van der Waals surface area (Å²) in [6.45, 7) is 1.31. The number of Topliss-reactive ketones (excluding diaryl/α,β-unsaturated/α-hetero) is 1. The van der Waals surface area contributed by atoms with E-state index in [0.717, 1.165) is 12.1 Å². The van der Waals surface area contributed by atoms with Crippen LogP contribution in [0, 0.1) is 0 Å². The molecule has 1 aromatic carbocycles. The fourth-order valence-corrected chi connectivity index (χ4v) is 2.97. The van der Waals surface area contributed by atoms with Gasteiger partial charge in [-0.2, -0.15) is 0 Å². The van der Waals surface area contributed by atoms with Gasteiger partial charge in [0.05, 0.1) is 12.0 Å². The lowest BCUT2D eigenvalue weighted by Gasteiger charge is -2.43. The van der Waals surface area contributed by atoms with Crippen LogP contribution in [0.5, 0.6) is 5.75 Å². The van der Waals surface area contributed by atoms with Gasteiger partial charge in [0.25, 0.3) is 0 Å². The van der Waals surface area contributed by atoms with Crippen LogP contribution in [-0.4, -0.2) is 42.8 Å². The maximum atomic E-state index is 12.4. The van der Waals surface area contributed by atoms with E-state index < -0.39 is 5.60 Å². The molecule has 1 aromatic rings. The molecule has 5 nitrogen and oxygen atoms in total. The van der Waals surface area contributed by atoms with Crippen molar-refractivity contribution >= 4 is 17.9 Å². The first-order chi connectivity index (χ1) is 9.65. The van der Waals surface area contributed by atoms with Crippen LogP contribution in [0.25, 0.3) is 0 Å². The number of hydrogen-bond donors (Lipinski definition) is 1. The second-order valence-corrected chi connectivity index (χ2v) is 5.49. The number of nitrogens with one attached hydrogen (secondary N) is 1. The Balaban J connectivity index is 1.86. The number of piperidine rings is 1. The van der Waals surface area contributed by atoms with E-state index in [4.69, 9.17) is 4.74 Å². The lowest BCUT2D eigenvalue weighted by molar-refractivity contribution is -0.121. The average molecular weight is 274 g/mol. The highest BCUT2D eigenvalue weighted by Gasteiger charge is 2.42. The van der Waals surface area contributed by atoms with Gasteiger partial charge >= 0.3 is 0 Å². The number of anilines is 1. The van der Waals surface area contributed by atoms with Crippen LogP contribution >= 0.6 is 0 Å². The van der Waals surface area contributed by atoms with Crippen LogP contribution in [0.4, 0.5) is 5.69 Å². The minimum Gasteiger partial charge on any atom is -0.486 e. The zero-order valence-electron chi connectivity index (χ0n) is 11.5. The van der Waals surface area contributed by atoms with E-state index in [0.29, 0.717) is 43.7 Å². The molecule has 106 valence electrons. The molecular weight excluding hydrogens is 256 g/mol. The van der Waals surface area contributed by atoms with Crippen molar-refractivity contribution in [2.24, 2.45) is 0 Å². The summed E-state index contributed by atoms with van der Waals surface area (Å²) in [5.41, 5.74) is 1.14. The second kappa shape index (κ2) is 4.81. The number of carbonyl (C=O) groups is 2. The van der Waals surface area contributed by atoms with Crippen molar-refractivity contribution in [3.8, 4) is 5.75 Å². The van der Waals surface area contributed by atoms with Gasteiger partial charge in [0, 0.05) is 38.7 Å². The monoisotopic (exact) mass is 274 g/mol. The molecule has 2 aliphatic rings. The van der Waals surface area contributed by atoms with Gasteiger partial charge in [-0.1, -0.05) is 0 Å². The van der Waals surface area contributed by atoms with E-state index in [1.54, 1.807) is 4.90 Å². The van der Waals surface area contributed by atoms with E-state index >= 15 is 0 Å². The molecule has 2 aliphatic heterocycles. The number of fused-ring (bicyclic) bond motifs is 1. The predicted octanol–water partition coefficient (Wildman–Crippen LogP) is 1.68. The molecule has 0 bridgehead atoms. The normalized spacial score (nSPS) is 20.2. The second-order valence-electron chi connectivity index (χ2n) is 5.49. The third-order valence-corrected chi connectivity index (χ3v) is 4.24. The molecule has 1 spiro atoms. The molecule has 2 heterocycles. The zero-order valence-corrected chi connectivity index (χ0v) is 11.5. The summed E-state index contributed by atoms with van der Waals surface area (Å²) in [5.74, 6) is 0.794. The van der Waals surface area contributed by atoms with Gasteiger partial charge in [-0.15, -0.1) is 0 Å². The number of benzene rings is 1. The zero-order chi connectivity index (χ0) is 14.2. The third-order valence-electron chi connectivity index (χ3n) is 4.24. The highest BCUT2D eigenvalue weighted by atomic mass is 16.5. The lowest BCUT2D eigenvalue weighted by Crippen LogP contribution is -2.50. The molecular formula is C15H18N2O3. The Morgan fingerprint density at radius 3 is 2.75 bits per heavy atom. The molecule has 1 saturated heterocycles. The van der Waals surface area contributed by atoms with Crippen LogP contribution in [0.2, 0.25) is 0 Å².